The van der Waals surface area contributed by atoms with Crippen molar-refractivity contribution in [3.05, 3.63) is 70.8 Å². The molecule has 2 aromatic carbocycles. The van der Waals surface area contributed by atoms with E-state index in [1.54, 1.807) is 0 Å². The highest BCUT2D eigenvalue weighted by Crippen LogP contribution is 2.61. The lowest BCUT2D eigenvalue weighted by molar-refractivity contribution is -0.137. The number of halogens is 3. The second-order valence-electron chi connectivity index (χ2n) is 7.28. The van der Waals surface area contributed by atoms with Crippen LogP contribution in [0.1, 0.15) is 23.1 Å². The molecule has 1 aliphatic heterocycles. The van der Waals surface area contributed by atoms with Gasteiger partial charge in [0.25, 0.3) is 0 Å². The van der Waals surface area contributed by atoms with Crippen LogP contribution < -0.4 is 10.2 Å². The molecule has 4 nitrogen and oxygen atoms in total. The predicted molar refractivity (Wildman–Crippen MR) is 99.4 cm³/mol. The van der Waals surface area contributed by atoms with Crippen LogP contribution in [0.2, 0.25) is 0 Å². The number of fused-ring (bicyclic) bond motifs is 2. The average molecular weight is 390 g/mol. The molecule has 1 aliphatic carbocycles. The Morgan fingerprint density at radius 2 is 1.82 bits per heavy atom. The van der Waals surface area contributed by atoms with Crippen LogP contribution in [0.3, 0.4) is 0 Å². The van der Waals surface area contributed by atoms with Crippen molar-refractivity contribution in [3.8, 4) is 5.75 Å². The fourth-order valence-corrected chi connectivity index (χ4v) is 3.44. The summed E-state index contributed by atoms with van der Waals surface area (Å²) in [6.07, 6.45) is -3.75. The Bertz CT molecular complexity index is 907. The van der Waals surface area contributed by atoms with E-state index in [9.17, 15) is 13.2 Å². The number of hydrogen-bond donors (Lipinski definition) is 1. The number of benzene rings is 2. The molecular formula is C21H21F3N2O2. The van der Waals surface area contributed by atoms with E-state index >= 15 is 0 Å². The van der Waals surface area contributed by atoms with Crippen molar-refractivity contribution >= 4 is 5.70 Å². The van der Waals surface area contributed by atoms with Crippen molar-refractivity contribution in [2.24, 2.45) is 0 Å². The summed E-state index contributed by atoms with van der Waals surface area (Å²) < 4.78 is 44.9. The van der Waals surface area contributed by atoms with Gasteiger partial charge < -0.3 is 9.64 Å². The highest BCUT2D eigenvalue weighted by Gasteiger charge is 2.58. The Balaban J connectivity index is 1.63. The molecular weight excluding hydrogens is 369 g/mol. The third-order valence-electron chi connectivity index (χ3n) is 5.02. The Hall–Kier alpha value is -2.51. The van der Waals surface area contributed by atoms with Gasteiger partial charge in [-0.15, -0.1) is 0 Å². The number of hydrogen-bond acceptors (Lipinski definition) is 4. The third kappa shape index (κ3) is 3.36. The normalized spacial score (nSPS) is 20.5. The summed E-state index contributed by atoms with van der Waals surface area (Å²) >= 11 is 0. The van der Waals surface area contributed by atoms with Crippen LogP contribution in [0.15, 0.2) is 54.1 Å². The van der Waals surface area contributed by atoms with Crippen molar-refractivity contribution in [3.63, 3.8) is 0 Å². The summed E-state index contributed by atoms with van der Waals surface area (Å²) in [6.45, 7) is 1.26. The van der Waals surface area contributed by atoms with E-state index in [-0.39, 0.29) is 0 Å². The largest absolute Gasteiger partial charge is 0.477 e. The lowest BCUT2D eigenvalue weighted by atomic mass is 10.00. The molecule has 2 aliphatic rings. The molecule has 4 rings (SSSR count). The quantitative estimate of drug-likeness (QED) is 0.592. The Labute approximate surface area is 161 Å². The molecule has 0 saturated heterocycles. The number of nitrogens with zero attached hydrogens (tertiary/aromatic N) is 1. The third-order valence-corrected chi connectivity index (χ3v) is 5.02. The fourth-order valence-electron chi connectivity index (χ4n) is 3.44. The van der Waals surface area contributed by atoms with Crippen molar-refractivity contribution in [1.82, 2.24) is 10.4 Å². The standard InChI is InChI=1S/C21H21F3N2O2/c1-26(2)11-12-27-25-19-16-5-3-4-6-18(16)28-20(13-17(19)20)14-7-9-15(10-8-14)21(22,23)24/h3-10,25H,11-13H2,1-2H3. The first-order chi connectivity index (χ1) is 13.3. The van der Waals surface area contributed by atoms with Gasteiger partial charge in [-0.25, -0.2) is 0 Å². The van der Waals surface area contributed by atoms with E-state index in [2.05, 4.69) is 5.48 Å². The molecule has 28 heavy (non-hydrogen) atoms. The first kappa shape index (κ1) is 18.8. The fraction of sp³-hybridized carbons (Fsp3) is 0.333. The Morgan fingerprint density at radius 3 is 2.50 bits per heavy atom. The number of nitrogens with one attached hydrogen (secondary N) is 1. The molecule has 148 valence electrons. The molecule has 1 unspecified atom stereocenters. The number of hydroxylamine groups is 1. The summed E-state index contributed by atoms with van der Waals surface area (Å²) in [4.78, 5) is 7.64. The van der Waals surface area contributed by atoms with Crippen LogP contribution >= 0.6 is 0 Å². The molecule has 1 atom stereocenters. The van der Waals surface area contributed by atoms with Gasteiger partial charge in [0.2, 0.25) is 0 Å². The van der Waals surface area contributed by atoms with Gasteiger partial charge in [0.1, 0.15) is 5.75 Å². The van der Waals surface area contributed by atoms with Crippen LogP contribution in [-0.2, 0) is 16.6 Å². The second kappa shape index (κ2) is 6.83. The number of rotatable bonds is 6. The maximum Gasteiger partial charge on any atom is 0.416 e. The summed E-state index contributed by atoms with van der Waals surface area (Å²) in [6, 6.07) is 12.8. The van der Waals surface area contributed by atoms with Crippen LogP contribution in [0, 0.1) is 0 Å². The van der Waals surface area contributed by atoms with Crippen LogP contribution in [0.5, 0.6) is 5.75 Å². The van der Waals surface area contributed by atoms with Gasteiger partial charge in [-0.05, 0) is 38.4 Å². The number of likely N-dealkylation sites (N-methyl/N-ethyl adjacent to an activating group) is 1. The van der Waals surface area contributed by atoms with Crippen molar-refractivity contribution in [2.75, 3.05) is 27.2 Å². The smallest absolute Gasteiger partial charge is 0.416 e. The van der Waals surface area contributed by atoms with Crippen molar-refractivity contribution in [1.29, 1.82) is 0 Å². The zero-order chi connectivity index (χ0) is 19.9. The second-order valence-corrected chi connectivity index (χ2v) is 7.28. The van der Waals surface area contributed by atoms with Crippen LogP contribution in [-0.4, -0.2) is 32.1 Å². The summed E-state index contributed by atoms with van der Waals surface area (Å²) in [5.74, 6) is 0.683. The minimum absolute atomic E-state index is 0.500. The lowest BCUT2D eigenvalue weighted by Crippen LogP contribution is -2.26. The molecule has 0 amide bonds. The summed E-state index contributed by atoms with van der Waals surface area (Å²) in [7, 11) is 3.93. The molecule has 0 bridgehead atoms. The molecule has 1 fully saturated rings. The first-order valence-corrected chi connectivity index (χ1v) is 9.03. The number of para-hydroxylation sites is 1. The van der Waals surface area contributed by atoms with Gasteiger partial charge in [0, 0.05) is 29.7 Å². The van der Waals surface area contributed by atoms with E-state index < -0.39 is 17.3 Å². The van der Waals surface area contributed by atoms with E-state index in [0.29, 0.717) is 24.3 Å². The molecule has 0 radical (unpaired) electrons. The number of alkyl halides is 3. The molecule has 1 heterocycles. The molecule has 2 aromatic rings. The maximum absolute atomic E-state index is 12.9. The van der Waals surface area contributed by atoms with Gasteiger partial charge in [0.05, 0.1) is 17.9 Å². The van der Waals surface area contributed by atoms with Gasteiger partial charge in [-0.2, -0.15) is 13.2 Å². The highest BCUT2D eigenvalue weighted by molar-refractivity contribution is 5.80. The molecule has 7 heteroatoms. The van der Waals surface area contributed by atoms with E-state index in [0.717, 1.165) is 35.5 Å². The maximum atomic E-state index is 12.9. The zero-order valence-electron chi connectivity index (χ0n) is 15.6. The minimum Gasteiger partial charge on any atom is -0.477 e. The predicted octanol–water partition coefficient (Wildman–Crippen LogP) is 4.19. The Morgan fingerprint density at radius 1 is 1.11 bits per heavy atom. The molecule has 1 N–H and O–H groups in total. The van der Waals surface area contributed by atoms with Crippen molar-refractivity contribution in [2.45, 2.75) is 18.2 Å². The average Bonchev–Trinajstić information content (AvgIpc) is 3.39. The zero-order valence-corrected chi connectivity index (χ0v) is 15.6. The lowest BCUT2D eigenvalue weighted by Gasteiger charge is -2.26. The van der Waals surface area contributed by atoms with Gasteiger partial charge in [0.15, 0.2) is 5.60 Å². The Kier molecular flexibility index (Phi) is 4.59. The van der Waals surface area contributed by atoms with E-state index in [1.165, 1.54) is 12.1 Å². The first-order valence-electron chi connectivity index (χ1n) is 9.03. The van der Waals surface area contributed by atoms with E-state index in [1.807, 2.05) is 43.3 Å². The summed E-state index contributed by atoms with van der Waals surface area (Å²) in [5.41, 5.74) is 5.06. The SMILES string of the molecule is CN(C)CCONC1=C2CC2(c2ccc(C(F)(F)F)cc2)Oc2ccccc21. The van der Waals surface area contributed by atoms with Crippen molar-refractivity contribution < 1.29 is 22.7 Å². The molecule has 0 aromatic heterocycles. The summed E-state index contributed by atoms with van der Waals surface area (Å²) in [5, 5.41) is 0. The minimum atomic E-state index is -4.36. The molecule has 1 saturated carbocycles. The van der Waals surface area contributed by atoms with Gasteiger partial charge >= 0.3 is 6.18 Å². The van der Waals surface area contributed by atoms with Crippen LogP contribution in [0.4, 0.5) is 13.2 Å². The van der Waals surface area contributed by atoms with Gasteiger partial charge in [-0.3, -0.25) is 10.3 Å². The topological polar surface area (TPSA) is 33.7 Å². The molecule has 0 spiro atoms. The highest BCUT2D eigenvalue weighted by atomic mass is 19.4. The van der Waals surface area contributed by atoms with E-state index in [4.69, 9.17) is 9.57 Å². The van der Waals surface area contributed by atoms with Gasteiger partial charge in [-0.1, -0.05) is 24.3 Å². The number of ether oxygens (including phenoxy) is 1. The monoisotopic (exact) mass is 390 g/mol. The van der Waals surface area contributed by atoms with Crippen LogP contribution in [0.25, 0.3) is 5.70 Å².